The van der Waals surface area contributed by atoms with Crippen LogP contribution in [0.25, 0.3) is 0 Å². The molecular weight excluding hydrogens is 304 g/mol. The second kappa shape index (κ2) is 7.84. The van der Waals surface area contributed by atoms with Gasteiger partial charge in [-0.1, -0.05) is 30.3 Å². The molecule has 0 saturated carbocycles. The lowest BCUT2D eigenvalue weighted by Gasteiger charge is -2.17. The molecule has 2 aromatic rings. The molecule has 1 N–H and O–H groups in total. The summed E-state index contributed by atoms with van der Waals surface area (Å²) in [6.07, 6.45) is 0.954. The zero-order chi connectivity index (χ0) is 16.8. The molecule has 1 fully saturated rings. The van der Waals surface area contributed by atoms with Crippen LogP contribution in [0.5, 0.6) is 5.75 Å². The van der Waals surface area contributed by atoms with Gasteiger partial charge in [-0.25, -0.2) is 4.79 Å². The van der Waals surface area contributed by atoms with E-state index in [0.29, 0.717) is 19.7 Å². The van der Waals surface area contributed by atoms with Gasteiger partial charge in [0.2, 0.25) is 0 Å². The van der Waals surface area contributed by atoms with Gasteiger partial charge in [-0.3, -0.25) is 0 Å². The minimum atomic E-state index is -0.0917. The van der Waals surface area contributed by atoms with Crippen LogP contribution in [0.3, 0.4) is 0 Å². The van der Waals surface area contributed by atoms with Crippen LogP contribution in [-0.2, 0) is 11.3 Å². The normalized spacial score (nSPS) is 16.9. The number of methoxy groups -OCH3 is 1. The van der Waals surface area contributed by atoms with Gasteiger partial charge in [0.15, 0.2) is 0 Å². The van der Waals surface area contributed by atoms with E-state index in [1.807, 2.05) is 54.6 Å². The van der Waals surface area contributed by atoms with Crippen molar-refractivity contribution in [1.29, 1.82) is 0 Å². The van der Waals surface area contributed by atoms with Crippen LogP contribution in [-0.4, -0.2) is 37.2 Å². The molecule has 5 heteroatoms. The third-order valence-corrected chi connectivity index (χ3v) is 4.10. The van der Waals surface area contributed by atoms with Crippen molar-refractivity contribution in [2.75, 3.05) is 25.5 Å². The van der Waals surface area contributed by atoms with E-state index in [1.165, 1.54) is 0 Å². The summed E-state index contributed by atoms with van der Waals surface area (Å²) < 4.78 is 11.0. The SMILES string of the molecule is COc1ccc(NC(=O)N2CCC(OCc3ccccc3)C2)cc1. The van der Waals surface area contributed by atoms with E-state index in [4.69, 9.17) is 9.47 Å². The third-order valence-electron chi connectivity index (χ3n) is 4.10. The molecule has 0 spiro atoms. The first-order valence-corrected chi connectivity index (χ1v) is 8.10. The molecule has 1 atom stereocenters. The summed E-state index contributed by atoms with van der Waals surface area (Å²) in [5.41, 5.74) is 1.91. The first-order valence-electron chi connectivity index (χ1n) is 8.10. The molecule has 2 aromatic carbocycles. The van der Waals surface area contributed by atoms with Crippen molar-refractivity contribution in [2.24, 2.45) is 0 Å². The molecule has 24 heavy (non-hydrogen) atoms. The average molecular weight is 326 g/mol. The molecule has 5 nitrogen and oxygen atoms in total. The molecule has 1 unspecified atom stereocenters. The maximum absolute atomic E-state index is 12.3. The van der Waals surface area contributed by atoms with E-state index in [-0.39, 0.29) is 12.1 Å². The van der Waals surface area contributed by atoms with Crippen LogP contribution in [0.2, 0.25) is 0 Å². The molecule has 0 aliphatic carbocycles. The standard InChI is InChI=1S/C19H22N2O3/c1-23-17-9-7-16(8-10-17)20-19(22)21-12-11-18(13-21)24-14-15-5-3-2-4-6-15/h2-10,18H,11-14H2,1H3,(H,20,22). The number of carbonyl (C=O) groups is 1. The largest absolute Gasteiger partial charge is 0.497 e. The van der Waals surface area contributed by atoms with E-state index >= 15 is 0 Å². The van der Waals surface area contributed by atoms with Crippen molar-refractivity contribution in [3.63, 3.8) is 0 Å². The van der Waals surface area contributed by atoms with Crippen molar-refractivity contribution in [3.8, 4) is 5.75 Å². The monoisotopic (exact) mass is 326 g/mol. The highest BCUT2D eigenvalue weighted by molar-refractivity contribution is 5.89. The van der Waals surface area contributed by atoms with Gasteiger partial charge >= 0.3 is 6.03 Å². The zero-order valence-corrected chi connectivity index (χ0v) is 13.8. The lowest BCUT2D eigenvalue weighted by atomic mass is 10.2. The minimum Gasteiger partial charge on any atom is -0.497 e. The summed E-state index contributed by atoms with van der Waals surface area (Å²) in [5.74, 6) is 0.767. The van der Waals surface area contributed by atoms with Crippen LogP contribution in [0, 0.1) is 0 Å². The number of rotatable bonds is 5. The first kappa shape index (κ1) is 16.3. The molecule has 1 aliphatic rings. The molecule has 1 heterocycles. The lowest BCUT2D eigenvalue weighted by molar-refractivity contribution is 0.0491. The number of urea groups is 1. The Morgan fingerprint density at radius 1 is 1.17 bits per heavy atom. The fraction of sp³-hybridized carbons (Fsp3) is 0.316. The van der Waals surface area contributed by atoms with E-state index < -0.39 is 0 Å². The van der Waals surface area contributed by atoms with Gasteiger partial charge in [-0.15, -0.1) is 0 Å². The van der Waals surface area contributed by atoms with Crippen molar-refractivity contribution in [2.45, 2.75) is 19.1 Å². The van der Waals surface area contributed by atoms with Crippen molar-refractivity contribution < 1.29 is 14.3 Å². The van der Waals surface area contributed by atoms with Crippen LogP contribution < -0.4 is 10.1 Å². The number of ether oxygens (including phenoxy) is 2. The molecule has 126 valence electrons. The number of benzene rings is 2. The fourth-order valence-corrected chi connectivity index (χ4v) is 2.71. The summed E-state index contributed by atoms with van der Waals surface area (Å²) in [4.78, 5) is 14.1. The van der Waals surface area contributed by atoms with Gasteiger partial charge in [0.05, 0.1) is 19.8 Å². The van der Waals surface area contributed by atoms with Crippen LogP contribution in [0.1, 0.15) is 12.0 Å². The van der Waals surface area contributed by atoms with E-state index in [0.717, 1.165) is 23.4 Å². The molecular formula is C19H22N2O3. The number of nitrogens with one attached hydrogen (secondary N) is 1. The van der Waals surface area contributed by atoms with Gasteiger partial charge in [-0.05, 0) is 36.2 Å². The molecule has 2 amide bonds. The quantitative estimate of drug-likeness (QED) is 0.914. The average Bonchev–Trinajstić information content (AvgIpc) is 3.11. The molecule has 0 radical (unpaired) electrons. The highest BCUT2D eigenvalue weighted by atomic mass is 16.5. The smallest absolute Gasteiger partial charge is 0.321 e. The highest BCUT2D eigenvalue weighted by Crippen LogP contribution is 2.18. The third kappa shape index (κ3) is 4.26. The van der Waals surface area contributed by atoms with Crippen molar-refractivity contribution >= 4 is 11.7 Å². The Balaban J connectivity index is 1.46. The summed E-state index contributed by atoms with van der Waals surface area (Å²) >= 11 is 0. The van der Waals surface area contributed by atoms with Gasteiger partial charge < -0.3 is 19.7 Å². The molecule has 1 aliphatic heterocycles. The Morgan fingerprint density at radius 3 is 2.62 bits per heavy atom. The summed E-state index contributed by atoms with van der Waals surface area (Å²) in [7, 11) is 1.62. The van der Waals surface area contributed by atoms with Crippen molar-refractivity contribution in [3.05, 3.63) is 60.2 Å². The van der Waals surface area contributed by atoms with E-state index in [9.17, 15) is 4.79 Å². The van der Waals surface area contributed by atoms with Gasteiger partial charge in [0.1, 0.15) is 5.75 Å². The number of nitrogens with zero attached hydrogens (tertiary/aromatic N) is 1. The fourth-order valence-electron chi connectivity index (χ4n) is 2.71. The Labute approximate surface area is 142 Å². The van der Waals surface area contributed by atoms with Gasteiger partial charge in [0.25, 0.3) is 0 Å². The second-order valence-corrected chi connectivity index (χ2v) is 5.81. The van der Waals surface area contributed by atoms with Crippen LogP contribution in [0.15, 0.2) is 54.6 Å². The molecule has 1 saturated heterocycles. The molecule has 0 aromatic heterocycles. The predicted molar refractivity (Wildman–Crippen MR) is 93.2 cm³/mol. The molecule has 3 rings (SSSR count). The number of anilines is 1. The second-order valence-electron chi connectivity index (χ2n) is 5.81. The Kier molecular flexibility index (Phi) is 5.33. The Morgan fingerprint density at radius 2 is 1.92 bits per heavy atom. The number of amides is 2. The summed E-state index contributed by atoms with van der Waals surface area (Å²) in [6.45, 7) is 1.91. The van der Waals surface area contributed by atoms with E-state index in [1.54, 1.807) is 12.0 Å². The summed E-state index contributed by atoms with van der Waals surface area (Å²) in [5, 5.41) is 2.91. The topological polar surface area (TPSA) is 50.8 Å². The van der Waals surface area contributed by atoms with Crippen LogP contribution in [0.4, 0.5) is 10.5 Å². The highest BCUT2D eigenvalue weighted by Gasteiger charge is 2.26. The number of likely N-dealkylation sites (tertiary alicyclic amines) is 1. The van der Waals surface area contributed by atoms with Gasteiger partial charge in [-0.2, -0.15) is 0 Å². The Hall–Kier alpha value is -2.53. The van der Waals surface area contributed by atoms with Crippen molar-refractivity contribution in [1.82, 2.24) is 4.90 Å². The predicted octanol–water partition coefficient (Wildman–Crippen LogP) is 3.52. The number of hydrogen-bond donors (Lipinski definition) is 1. The lowest BCUT2D eigenvalue weighted by Crippen LogP contribution is -2.34. The Bertz CT molecular complexity index is 658. The number of hydrogen-bond acceptors (Lipinski definition) is 3. The number of carbonyl (C=O) groups excluding carboxylic acids is 1. The van der Waals surface area contributed by atoms with Crippen LogP contribution >= 0.6 is 0 Å². The first-order chi connectivity index (χ1) is 11.7. The van der Waals surface area contributed by atoms with Gasteiger partial charge in [0, 0.05) is 18.8 Å². The maximum atomic E-state index is 12.3. The zero-order valence-electron chi connectivity index (χ0n) is 13.8. The molecule has 0 bridgehead atoms. The maximum Gasteiger partial charge on any atom is 0.321 e. The summed E-state index contributed by atoms with van der Waals surface area (Å²) in [6, 6.07) is 17.3. The minimum absolute atomic E-state index is 0.0897. The van der Waals surface area contributed by atoms with E-state index in [2.05, 4.69) is 5.32 Å².